The number of fused-ring (bicyclic) bond motifs is 2. The van der Waals surface area contributed by atoms with E-state index in [-0.39, 0.29) is 12.4 Å². The predicted molar refractivity (Wildman–Crippen MR) is 99.9 cm³/mol. The van der Waals surface area contributed by atoms with Crippen molar-refractivity contribution < 1.29 is 23.2 Å². The summed E-state index contributed by atoms with van der Waals surface area (Å²) in [6, 6.07) is 7.46. The molecular weight excluding hydrogens is 362 g/mol. The number of carbonyl (C=O) groups excluding carboxylic acids is 2. The van der Waals surface area contributed by atoms with Gasteiger partial charge in [0.25, 0.3) is 5.91 Å². The van der Waals surface area contributed by atoms with Crippen LogP contribution in [0.2, 0.25) is 0 Å². The number of furan rings is 1. The largest absolute Gasteiger partial charge is 0.459 e. The molecule has 4 rings (SSSR count). The molecule has 1 aliphatic rings. The number of benzene rings is 1. The first-order chi connectivity index (χ1) is 13.5. The number of ether oxygens (including phenoxy) is 1. The summed E-state index contributed by atoms with van der Waals surface area (Å²) < 4.78 is 15.6. The molecular formula is C21H19NO6. The Balaban J connectivity index is 1.48. The Hall–Kier alpha value is -3.35. The minimum Gasteiger partial charge on any atom is -0.459 e. The van der Waals surface area contributed by atoms with Crippen LogP contribution in [0.5, 0.6) is 0 Å². The van der Waals surface area contributed by atoms with Crippen LogP contribution in [-0.4, -0.2) is 17.9 Å². The molecule has 0 aliphatic heterocycles. The number of aryl methyl sites for hydroxylation is 2. The fourth-order valence-corrected chi connectivity index (χ4v) is 3.42. The Morgan fingerprint density at radius 2 is 2.00 bits per heavy atom. The van der Waals surface area contributed by atoms with Crippen molar-refractivity contribution in [2.75, 3.05) is 0 Å². The second-order valence-corrected chi connectivity index (χ2v) is 6.84. The molecule has 144 valence electrons. The van der Waals surface area contributed by atoms with Gasteiger partial charge in [-0.3, -0.25) is 4.79 Å². The summed E-state index contributed by atoms with van der Waals surface area (Å²) in [6.45, 7) is 1.44. The smallest absolute Gasteiger partial charge is 0.336 e. The van der Waals surface area contributed by atoms with Gasteiger partial charge >= 0.3 is 11.6 Å². The van der Waals surface area contributed by atoms with E-state index in [0.717, 1.165) is 24.6 Å². The quantitative estimate of drug-likeness (QED) is 0.539. The van der Waals surface area contributed by atoms with E-state index in [1.807, 2.05) is 12.1 Å². The van der Waals surface area contributed by atoms with E-state index in [0.29, 0.717) is 11.1 Å². The van der Waals surface area contributed by atoms with Crippen molar-refractivity contribution in [3.05, 3.63) is 69.5 Å². The van der Waals surface area contributed by atoms with E-state index in [1.54, 1.807) is 6.07 Å². The highest BCUT2D eigenvalue weighted by Gasteiger charge is 2.20. The first-order valence-corrected chi connectivity index (χ1v) is 9.11. The van der Waals surface area contributed by atoms with Gasteiger partial charge in [-0.15, -0.1) is 0 Å². The molecule has 3 aromatic rings. The van der Waals surface area contributed by atoms with Gasteiger partial charge in [-0.25, -0.2) is 9.59 Å². The predicted octanol–water partition coefficient (Wildman–Crippen LogP) is 2.74. The van der Waals surface area contributed by atoms with Crippen LogP contribution in [-0.2, 0) is 29.0 Å². The molecule has 1 aromatic carbocycles. The molecule has 0 fully saturated rings. The van der Waals surface area contributed by atoms with Gasteiger partial charge in [0.15, 0.2) is 5.76 Å². The maximum absolute atomic E-state index is 12.3. The van der Waals surface area contributed by atoms with Crippen LogP contribution in [0.1, 0.15) is 40.6 Å². The Labute approximate surface area is 160 Å². The third-order valence-electron chi connectivity index (χ3n) is 4.86. The standard InChI is InChI=1S/C21H19NO6/c1-12(22-20(24)17-6-3-7-26-17)21(25)27-11-15-10-19(23)28-18-9-14-5-2-4-13(14)8-16(15)18/h3,6-10,12H,2,4-5,11H2,1H3,(H,22,24)/t12-/m0/s1. The molecule has 1 atom stereocenters. The monoisotopic (exact) mass is 381 g/mol. The molecule has 1 amide bonds. The molecule has 2 heterocycles. The number of hydrogen-bond acceptors (Lipinski definition) is 6. The molecule has 0 saturated carbocycles. The Bertz CT molecular complexity index is 1100. The molecule has 0 unspecified atom stereocenters. The third kappa shape index (κ3) is 3.55. The lowest BCUT2D eigenvalue weighted by molar-refractivity contribution is -0.146. The van der Waals surface area contributed by atoms with Crippen molar-refractivity contribution in [1.29, 1.82) is 0 Å². The second-order valence-electron chi connectivity index (χ2n) is 6.84. The SMILES string of the molecule is C[C@H](NC(=O)c1ccco1)C(=O)OCc1cc(=O)oc2cc3c(cc12)CCC3. The van der Waals surface area contributed by atoms with Crippen molar-refractivity contribution in [2.24, 2.45) is 0 Å². The van der Waals surface area contributed by atoms with E-state index in [4.69, 9.17) is 13.6 Å². The van der Waals surface area contributed by atoms with Crippen LogP contribution in [0.15, 0.2) is 50.2 Å². The number of esters is 1. The Kier molecular flexibility index (Phi) is 4.73. The zero-order valence-electron chi connectivity index (χ0n) is 15.3. The Morgan fingerprint density at radius 1 is 1.21 bits per heavy atom. The third-order valence-corrected chi connectivity index (χ3v) is 4.86. The van der Waals surface area contributed by atoms with Gasteiger partial charge in [-0.1, -0.05) is 0 Å². The first kappa shape index (κ1) is 18.0. The maximum atomic E-state index is 12.3. The average molecular weight is 381 g/mol. The highest BCUT2D eigenvalue weighted by Crippen LogP contribution is 2.28. The highest BCUT2D eigenvalue weighted by atomic mass is 16.5. The Morgan fingerprint density at radius 3 is 2.75 bits per heavy atom. The second kappa shape index (κ2) is 7.34. The molecule has 1 N–H and O–H groups in total. The highest BCUT2D eigenvalue weighted by molar-refractivity contribution is 5.94. The van der Waals surface area contributed by atoms with E-state index >= 15 is 0 Å². The summed E-state index contributed by atoms with van der Waals surface area (Å²) >= 11 is 0. The number of rotatable bonds is 5. The van der Waals surface area contributed by atoms with E-state index in [1.165, 1.54) is 36.4 Å². The van der Waals surface area contributed by atoms with Gasteiger partial charge in [-0.05, 0) is 61.6 Å². The number of carbonyl (C=O) groups is 2. The molecule has 28 heavy (non-hydrogen) atoms. The van der Waals surface area contributed by atoms with Crippen LogP contribution in [0.4, 0.5) is 0 Å². The first-order valence-electron chi connectivity index (χ1n) is 9.11. The van der Waals surface area contributed by atoms with Gasteiger partial charge in [0, 0.05) is 17.0 Å². The average Bonchev–Trinajstić information content (AvgIpc) is 3.35. The van der Waals surface area contributed by atoms with Crippen molar-refractivity contribution in [2.45, 2.75) is 38.8 Å². The summed E-state index contributed by atoms with van der Waals surface area (Å²) in [5, 5.41) is 3.28. The van der Waals surface area contributed by atoms with E-state index < -0.39 is 23.5 Å². The van der Waals surface area contributed by atoms with Crippen LogP contribution < -0.4 is 10.9 Å². The van der Waals surface area contributed by atoms with Crippen LogP contribution in [0.3, 0.4) is 0 Å². The van der Waals surface area contributed by atoms with Crippen LogP contribution in [0.25, 0.3) is 11.0 Å². The minimum absolute atomic E-state index is 0.0827. The molecule has 0 saturated heterocycles. The topological polar surface area (TPSA) is 98.8 Å². The maximum Gasteiger partial charge on any atom is 0.336 e. The summed E-state index contributed by atoms with van der Waals surface area (Å²) in [5.74, 6) is -1.00. The number of hydrogen-bond donors (Lipinski definition) is 1. The lowest BCUT2D eigenvalue weighted by Gasteiger charge is -2.13. The summed E-state index contributed by atoms with van der Waals surface area (Å²) in [6.07, 6.45) is 4.41. The van der Waals surface area contributed by atoms with E-state index in [2.05, 4.69) is 5.32 Å². The lowest BCUT2D eigenvalue weighted by Crippen LogP contribution is -2.39. The summed E-state index contributed by atoms with van der Waals surface area (Å²) in [4.78, 5) is 36.1. The van der Waals surface area contributed by atoms with E-state index in [9.17, 15) is 14.4 Å². The van der Waals surface area contributed by atoms with Gasteiger partial charge in [0.1, 0.15) is 18.2 Å². The number of amides is 1. The van der Waals surface area contributed by atoms with Crippen molar-refractivity contribution in [1.82, 2.24) is 5.32 Å². The normalized spacial score (nSPS) is 13.9. The summed E-state index contributed by atoms with van der Waals surface area (Å²) in [5.41, 5.74) is 3.01. The molecule has 7 nitrogen and oxygen atoms in total. The van der Waals surface area contributed by atoms with Crippen molar-refractivity contribution in [3.8, 4) is 0 Å². The fourth-order valence-electron chi connectivity index (χ4n) is 3.42. The van der Waals surface area contributed by atoms with Gasteiger partial charge in [-0.2, -0.15) is 0 Å². The molecule has 0 bridgehead atoms. The lowest BCUT2D eigenvalue weighted by atomic mass is 10.0. The van der Waals surface area contributed by atoms with Gasteiger partial charge in [0.2, 0.25) is 0 Å². The molecule has 1 aliphatic carbocycles. The molecule has 7 heteroatoms. The zero-order chi connectivity index (χ0) is 19.7. The van der Waals surface area contributed by atoms with Gasteiger partial charge in [0.05, 0.1) is 6.26 Å². The van der Waals surface area contributed by atoms with Crippen LogP contribution >= 0.6 is 0 Å². The van der Waals surface area contributed by atoms with Crippen molar-refractivity contribution >= 4 is 22.8 Å². The molecule has 0 radical (unpaired) electrons. The minimum atomic E-state index is -0.867. The molecule has 0 spiro atoms. The summed E-state index contributed by atoms with van der Waals surface area (Å²) in [7, 11) is 0. The van der Waals surface area contributed by atoms with Gasteiger partial charge < -0.3 is 18.9 Å². The fraction of sp³-hybridized carbons (Fsp3) is 0.286. The van der Waals surface area contributed by atoms with Crippen LogP contribution in [0, 0.1) is 0 Å². The molecule has 2 aromatic heterocycles. The number of nitrogens with one attached hydrogen (secondary N) is 1. The van der Waals surface area contributed by atoms with Crippen molar-refractivity contribution in [3.63, 3.8) is 0 Å². The zero-order valence-corrected chi connectivity index (χ0v) is 15.3.